The van der Waals surface area contributed by atoms with E-state index in [0.29, 0.717) is 5.56 Å². The first-order chi connectivity index (χ1) is 15.5. The van der Waals surface area contributed by atoms with E-state index in [0.717, 1.165) is 4.90 Å². The SMILES string of the molecule is CC(C)(C)NC(=O)c1ccc(OC/C(CN2C(=O)c3ccccc3C2=O)=C(/F)C(=O)O)cc1. The summed E-state index contributed by atoms with van der Waals surface area (Å²) >= 11 is 0. The molecule has 0 bridgehead atoms. The lowest BCUT2D eigenvalue weighted by Gasteiger charge is -2.20. The number of benzene rings is 2. The van der Waals surface area contributed by atoms with Gasteiger partial charge in [-0.3, -0.25) is 19.3 Å². The number of imide groups is 1. The first-order valence-electron chi connectivity index (χ1n) is 10.1. The van der Waals surface area contributed by atoms with Crippen molar-refractivity contribution in [3.8, 4) is 5.75 Å². The van der Waals surface area contributed by atoms with Crippen LogP contribution in [0, 0.1) is 0 Å². The second-order valence-electron chi connectivity index (χ2n) is 8.48. The largest absolute Gasteiger partial charge is 0.489 e. The van der Waals surface area contributed by atoms with Crippen LogP contribution in [0.25, 0.3) is 0 Å². The molecule has 0 aromatic heterocycles. The van der Waals surface area contributed by atoms with E-state index in [-0.39, 0.29) is 28.4 Å². The van der Waals surface area contributed by atoms with Crippen molar-refractivity contribution in [1.29, 1.82) is 0 Å². The fourth-order valence-electron chi connectivity index (χ4n) is 3.19. The maximum Gasteiger partial charge on any atom is 0.364 e. The molecule has 3 amide bonds. The zero-order valence-electron chi connectivity index (χ0n) is 18.3. The van der Waals surface area contributed by atoms with E-state index in [1.807, 2.05) is 20.8 Å². The Balaban J connectivity index is 1.73. The standard InChI is InChI=1S/C24H23FN2O6/c1-24(2,3)26-20(28)14-8-10-16(11-9-14)33-13-15(19(25)23(31)32)12-27-21(29)17-6-4-5-7-18(17)22(27)30/h4-11H,12-13H2,1-3H3,(H,26,28)(H,31,32)/b19-15+. The first-order valence-corrected chi connectivity index (χ1v) is 10.1. The number of carbonyl (C=O) groups is 4. The average molecular weight is 454 g/mol. The molecular weight excluding hydrogens is 431 g/mol. The Labute approximate surface area is 189 Å². The number of aliphatic carboxylic acids is 1. The molecule has 33 heavy (non-hydrogen) atoms. The van der Waals surface area contributed by atoms with Gasteiger partial charge in [-0.15, -0.1) is 0 Å². The highest BCUT2D eigenvalue weighted by atomic mass is 19.1. The van der Waals surface area contributed by atoms with E-state index in [9.17, 15) is 23.6 Å². The fraction of sp³-hybridized carbons (Fsp3) is 0.250. The van der Waals surface area contributed by atoms with Crippen LogP contribution < -0.4 is 10.1 Å². The Morgan fingerprint density at radius 1 is 1.00 bits per heavy atom. The summed E-state index contributed by atoms with van der Waals surface area (Å²) in [6.07, 6.45) is 0. The smallest absolute Gasteiger partial charge is 0.364 e. The summed E-state index contributed by atoms with van der Waals surface area (Å²) in [6, 6.07) is 12.1. The molecule has 8 nitrogen and oxygen atoms in total. The van der Waals surface area contributed by atoms with Gasteiger partial charge in [-0.2, -0.15) is 4.39 Å². The molecule has 1 aliphatic rings. The molecule has 0 radical (unpaired) electrons. The lowest BCUT2D eigenvalue weighted by Crippen LogP contribution is -2.40. The summed E-state index contributed by atoms with van der Waals surface area (Å²) in [5.41, 5.74) is -0.0719. The summed E-state index contributed by atoms with van der Waals surface area (Å²) in [5, 5.41) is 11.9. The summed E-state index contributed by atoms with van der Waals surface area (Å²) in [7, 11) is 0. The van der Waals surface area contributed by atoms with Crippen molar-refractivity contribution in [2.45, 2.75) is 26.3 Å². The molecule has 2 aromatic rings. The van der Waals surface area contributed by atoms with Crippen LogP contribution in [0.4, 0.5) is 4.39 Å². The molecule has 1 aliphatic heterocycles. The highest BCUT2D eigenvalue weighted by Crippen LogP contribution is 2.25. The van der Waals surface area contributed by atoms with E-state index in [2.05, 4.69) is 5.32 Å². The number of halogens is 1. The summed E-state index contributed by atoms with van der Waals surface area (Å²) in [5.74, 6) is -4.65. The molecule has 0 atom stereocenters. The van der Waals surface area contributed by atoms with Crippen molar-refractivity contribution in [1.82, 2.24) is 10.2 Å². The lowest BCUT2D eigenvalue weighted by molar-refractivity contribution is -0.134. The molecule has 172 valence electrons. The van der Waals surface area contributed by atoms with Crippen LogP contribution in [0.2, 0.25) is 0 Å². The van der Waals surface area contributed by atoms with Gasteiger partial charge >= 0.3 is 5.97 Å². The molecule has 0 saturated heterocycles. The summed E-state index contributed by atoms with van der Waals surface area (Å²) < 4.78 is 19.8. The Bertz CT molecular complexity index is 1110. The van der Waals surface area contributed by atoms with Crippen molar-refractivity contribution in [3.63, 3.8) is 0 Å². The van der Waals surface area contributed by atoms with Gasteiger partial charge in [0.2, 0.25) is 5.83 Å². The third-order valence-electron chi connectivity index (χ3n) is 4.74. The van der Waals surface area contributed by atoms with Gasteiger partial charge in [0.15, 0.2) is 0 Å². The van der Waals surface area contributed by atoms with Gasteiger partial charge in [0, 0.05) is 16.7 Å². The normalized spacial score (nSPS) is 14.0. The van der Waals surface area contributed by atoms with E-state index >= 15 is 0 Å². The van der Waals surface area contributed by atoms with Gasteiger partial charge in [0.05, 0.1) is 17.7 Å². The molecule has 2 N–H and O–H groups in total. The van der Waals surface area contributed by atoms with Crippen molar-refractivity contribution in [2.24, 2.45) is 0 Å². The quantitative estimate of drug-likeness (QED) is 0.491. The number of ether oxygens (including phenoxy) is 1. The number of hydrogen-bond acceptors (Lipinski definition) is 5. The number of amides is 3. The maximum atomic E-state index is 14.4. The number of nitrogens with one attached hydrogen (secondary N) is 1. The minimum atomic E-state index is -1.83. The number of nitrogens with zero attached hydrogens (tertiary/aromatic N) is 1. The van der Waals surface area contributed by atoms with Gasteiger partial charge in [0.25, 0.3) is 17.7 Å². The molecule has 0 aliphatic carbocycles. The number of hydrogen-bond donors (Lipinski definition) is 2. The predicted molar refractivity (Wildman–Crippen MR) is 117 cm³/mol. The molecule has 0 saturated carbocycles. The van der Waals surface area contributed by atoms with Gasteiger partial charge in [0.1, 0.15) is 12.4 Å². The van der Waals surface area contributed by atoms with Crippen LogP contribution in [-0.2, 0) is 4.79 Å². The van der Waals surface area contributed by atoms with Gasteiger partial charge in [-0.1, -0.05) is 12.1 Å². The van der Waals surface area contributed by atoms with Crippen LogP contribution in [0.3, 0.4) is 0 Å². The number of carboxylic acids is 1. The third kappa shape index (κ3) is 5.43. The van der Waals surface area contributed by atoms with E-state index in [1.165, 1.54) is 36.4 Å². The Morgan fingerprint density at radius 3 is 2.03 bits per heavy atom. The van der Waals surface area contributed by atoms with Gasteiger partial charge in [-0.05, 0) is 57.2 Å². The van der Waals surface area contributed by atoms with Crippen molar-refractivity contribution in [2.75, 3.05) is 13.2 Å². The Morgan fingerprint density at radius 2 is 1.55 bits per heavy atom. The zero-order chi connectivity index (χ0) is 24.3. The van der Waals surface area contributed by atoms with E-state index < -0.39 is 42.3 Å². The predicted octanol–water partition coefficient (Wildman–Crippen LogP) is 3.20. The van der Waals surface area contributed by atoms with E-state index in [1.54, 1.807) is 12.1 Å². The van der Waals surface area contributed by atoms with Crippen LogP contribution >= 0.6 is 0 Å². The number of fused-ring (bicyclic) bond motifs is 1. The molecule has 0 unspecified atom stereocenters. The molecular formula is C24H23FN2O6. The minimum absolute atomic E-state index is 0.169. The molecule has 9 heteroatoms. The highest BCUT2D eigenvalue weighted by Gasteiger charge is 2.36. The molecule has 1 heterocycles. The Hall–Kier alpha value is -4.01. The molecule has 0 fully saturated rings. The van der Waals surface area contributed by atoms with E-state index in [4.69, 9.17) is 9.84 Å². The van der Waals surface area contributed by atoms with Gasteiger partial charge in [-0.25, -0.2) is 4.79 Å². The molecule has 2 aromatic carbocycles. The van der Waals surface area contributed by atoms with Crippen molar-refractivity contribution < 1.29 is 33.4 Å². The van der Waals surface area contributed by atoms with Crippen molar-refractivity contribution >= 4 is 23.7 Å². The number of rotatable bonds is 7. The minimum Gasteiger partial charge on any atom is -0.489 e. The first kappa shape index (κ1) is 23.6. The highest BCUT2D eigenvalue weighted by molar-refractivity contribution is 6.21. The Kier molecular flexibility index (Phi) is 6.62. The number of carboxylic acid groups (broad SMARTS) is 1. The van der Waals surface area contributed by atoms with Crippen molar-refractivity contribution in [3.05, 3.63) is 76.6 Å². The second-order valence-corrected chi connectivity index (χ2v) is 8.48. The lowest BCUT2D eigenvalue weighted by atomic mass is 10.1. The van der Waals surface area contributed by atoms with Crippen LogP contribution in [0.1, 0.15) is 51.8 Å². The summed E-state index contributed by atoms with van der Waals surface area (Å²) in [6.45, 7) is 4.46. The van der Waals surface area contributed by atoms with Crippen LogP contribution in [-0.4, -0.2) is 52.4 Å². The number of carbonyl (C=O) groups excluding carboxylic acids is 3. The third-order valence-corrected chi connectivity index (χ3v) is 4.74. The molecule has 3 rings (SSSR count). The second kappa shape index (κ2) is 9.23. The van der Waals surface area contributed by atoms with Crippen LogP contribution in [0.5, 0.6) is 5.75 Å². The zero-order valence-corrected chi connectivity index (χ0v) is 18.3. The maximum absolute atomic E-state index is 14.4. The fourth-order valence-corrected chi connectivity index (χ4v) is 3.19. The van der Waals surface area contributed by atoms with Gasteiger partial charge < -0.3 is 15.2 Å². The summed E-state index contributed by atoms with van der Waals surface area (Å²) in [4.78, 5) is 49.3. The molecule has 0 spiro atoms. The topological polar surface area (TPSA) is 113 Å². The monoisotopic (exact) mass is 454 g/mol. The van der Waals surface area contributed by atoms with Crippen LogP contribution in [0.15, 0.2) is 59.9 Å². The average Bonchev–Trinajstić information content (AvgIpc) is 3.00.